The van der Waals surface area contributed by atoms with E-state index in [4.69, 9.17) is 0 Å². The molecule has 0 amide bonds. The van der Waals surface area contributed by atoms with Crippen molar-refractivity contribution >= 4 is 5.71 Å². The number of hydrogen-bond acceptors (Lipinski definition) is 3. The van der Waals surface area contributed by atoms with Crippen LogP contribution in [0.5, 0.6) is 0 Å². The SMILES string of the molecule is C/C(=N/NCC(F)(F)F)C(C)(C)[C@H](C)O. The predicted molar refractivity (Wildman–Crippen MR) is 52.6 cm³/mol. The van der Waals surface area contributed by atoms with E-state index in [9.17, 15) is 18.3 Å². The average molecular weight is 226 g/mol. The maximum absolute atomic E-state index is 11.8. The fourth-order valence-electron chi connectivity index (χ4n) is 0.694. The van der Waals surface area contributed by atoms with Gasteiger partial charge in [0.2, 0.25) is 0 Å². The van der Waals surface area contributed by atoms with E-state index >= 15 is 0 Å². The van der Waals surface area contributed by atoms with Crippen LogP contribution in [0.2, 0.25) is 0 Å². The number of rotatable bonds is 4. The number of halogens is 3. The molecule has 0 saturated heterocycles. The van der Waals surface area contributed by atoms with Crippen LogP contribution in [0, 0.1) is 5.41 Å². The molecule has 0 aromatic heterocycles. The van der Waals surface area contributed by atoms with Gasteiger partial charge < -0.3 is 10.5 Å². The van der Waals surface area contributed by atoms with Crippen molar-refractivity contribution in [2.75, 3.05) is 6.54 Å². The Morgan fingerprint density at radius 1 is 1.40 bits per heavy atom. The molecule has 3 nitrogen and oxygen atoms in total. The molecule has 90 valence electrons. The van der Waals surface area contributed by atoms with Crippen LogP contribution in [0.25, 0.3) is 0 Å². The summed E-state index contributed by atoms with van der Waals surface area (Å²) in [6.07, 6.45) is -4.95. The zero-order chi connectivity index (χ0) is 12.3. The van der Waals surface area contributed by atoms with Crippen LogP contribution in [0.1, 0.15) is 27.7 Å². The monoisotopic (exact) mass is 226 g/mol. The summed E-state index contributed by atoms with van der Waals surface area (Å²) >= 11 is 0. The second-order valence-corrected chi connectivity index (χ2v) is 4.04. The van der Waals surface area contributed by atoms with Crippen molar-refractivity contribution in [1.82, 2.24) is 5.43 Å². The number of nitrogens with zero attached hydrogens (tertiary/aromatic N) is 1. The summed E-state index contributed by atoms with van der Waals surface area (Å²) in [6.45, 7) is 5.41. The highest BCUT2D eigenvalue weighted by atomic mass is 19.4. The van der Waals surface area contributed by atoms with Crippen molar-refractivity contribution in [1.29, 1.82) is 0 Å². The minimum absolute atomic E-state index is 0.432. The first-order valence-electron chi connectivity index (χ1n) is 4.60. The third-order valence-corrected chi connectivity index (χ3v) is 2.50. The van der Waals surface area contributed by atoms with E-state index in [0.717, 1.165) is 0 Å². The van der Waals surface area contributed by atoms with Crippen LogP contribution in [0.3, 0.4) is 0 Å². The summed E-state index contributed by atoms with van der Waals surface area (Å²) in [5.41, 5.74) is 1.73. The van der Waals surface area contributed by atoms with E-state index in [1.807, 2.05) is 5.43 Å². The van der Waals surface area contributed by atoms with Crippen LogP contribution >= 0.6 is 0 Å². The molecule has 6 heteroatoms. The van der Waals surface area contributed by atoms with Crippen LogP contribution in [0.4, 0.5) is 13.2 Å². The fraction of sp³-hybridized carbons (Fsp3) is 0.889. The highest BCUT2D eigenvalue weighted by Crippen LogP contribution is 2.22. The topological polar surface area (TPSA) is 44.6 Å². The fourth-order valence-corrected chi connectivity index (χ4v) is 0.694. The van der Waals surface area contributed by atoms with Crippen molar-refractivity contribution in [2.24, 2.45) is 10.5 Å². The molecule has 0 rings (SSSR count). The zero-order valence-electron chi connectivity index (χ0n) is 9.31. The number of aliphatic hydroxyl groups excluding tert-OH is 1. The van der Waals surface area contributed by atoms with Crippen LogP contribution in [0.15, 0.2) is 5.10 Å². The van der Waals surface area contributed by atoms with Gasteiger partial charge in [0.15, 0.2) is 0 Å². The Kier molecular flexibility index (Phi) is 4.58. The molecule has 0 unspecified atom stereocenters. The van der Waals surface area contributed by atoms with Crippen molar-refractivity contribution in [3.05, 3.63) is 0 Å². The summed E-state index contributed by atoms with van der Waals surface area (Å²) < 4.78 is 35.3. The minimum atomic E-state index is -4.28. The molecule has 0 bridgehead atoms. The molecule has 2 N–H and O–H groups in total. The highest BCUT2D eigenvalue weighted by Gasteiger charge is 2.29. The molecule has 1 atom stereocenters. The first-order valence-corrected chi connectivity index (χ1v) is 4.60. The standard InChI is InChI=1S/C9H17F3N2O/c1-6(8(3,4)7(2)15)14-13-5-9(10,11)12/h7,13,15H,5H2,1-4H3/b14-6-/t7-/m0/s1. The summed E-state index contributed by atoms with van der Waals surface area (Å²) in [4.78, 5) is 0. The Morgan fingerprint density at radius 2 is 1.87 bits per heavy atom. The van der Waals surface area contributed by atoms with E-state index < -0.39 is 24.2 Å². The molecular formula is C9H17F3N2O. The third-order valence-electron chi connectivity index (χ3n) is 2.50. The largest absolute Gasteiger partial charge is 0.407 e. The summed E-state index contributed by atoms with van der Waals surface area (Å²) in [5, 5.41) is 13.0. The van der Waals surface area contributed by atoms with E-state index in [1.54, 1.807) is 27.7 Å². The lowest BCUT2D eigenvalue weighted by molar-refractivity contribution is -0.124. The van der Waals surface area contributed by atoms with Crippen LogP contribution in [-0.4, -0.2) is 29.6 Å². The molecule has 15 heavy (non-hydrogen) atoms. The van der Waals surface area contributed by atoms with Gasteiger partial charge in [-0.2, -0.15) is 18.3 Å². The molecule has 0 aromatic rings. The average Bonchev–Trinajstić information content (AvgIpc) is 2.01. The second-order valence-electron chi connectivity index (χ2n) is 4.04. The minimum Gasteiger partial charge on any atom is -0.392 e. The molecule has 0 aliphatic rings. The Bertz CT molecular complexity index is 234. The Labute approximate surface area is 87.4 Å². The van der Waals surface area contributed by atoms with Crippen molar-refractivity contribution < 1.29 is 18.3 Å². The van der Waals surface area contributed by atoms with E-state index in [-0.39, 0.29) is 0 Å². The number of aliphatic hydroxyl groups is 1. The summed E-state index contributed by atoms with van der Waals surface area (Å²) in [6, 6.07) is 0. The van der Waals surface area contributed by atoms with E-state index in [2.05, 4.69) is 5.10 Å². The summed E-state index contributed by atoms with van der Waals surface area (Å²) in [7, 11) is 0. The third kappa shape index (κ3) is 5.01. The van der Waals surface area contributed by atoms with Gasteiger partial charge >= 0.3 is 6.18 Å². The molecule has 0 aliphatic heterocycles. The van der Waals surface area contributed by atoms with Gasteiger partial charge in [0, 0.05) is 11.1 Å². The maximum Gasteiger partial charge on any atom is 0.407 e. The molecular weight excluding hydrogens is 209 g/mol. The predicted octanol–water partition coefficient (Wildman–Crippen LogP) is 1.92. The molecule has 0 aliphatic carbocycles. The van der Waals surface area contributed by atoms with Gasteiger partial charge in [-0.15, -0.1) is 0 Å². The smallest absolute Gasteiger partial charge is 0.392 e. The highest BCUT2D eigenvalue weighted by molar-refractivity contribution is 5.87. The van der Waals surface area contributed by atoms with Crippen molar-refractivity contribution in [2.45, 2.75) is 40.0 Å². The Morgan fingerprint density at radius 3 is 2.20 bits per heavy atom. The first kappa shape index (κ1) is 14.2. The molecule has 0 spiro atoms. The lowest BCUT2D eigenvalue weighted by atomic mass is 9.83. The van der Waals surface area contributed by atoms with Gasteiger partial charge in [-0.1, -0.05) is 13.8 Å². The molecule has 0 radical (unpaired) electrons. The number of alkyl halides is 3. The maximum atomic E-state index is 11.8. The molecule has 0 aromatic carbocycles. The molecule has 0 fully saturated rings. The Hall–Kier alpha value is -0.780. The van der Waals surface area contributed by atoms with Gasteiger partial charge in [0.05, 0.1) is 6.10 Å². The van der Waals surface area contributed by atoms with Gasteiger partial charge in [0.25, 0.3) is 0 Å². The number of nitrogens with one attached hydrogen (secondary N) is 1. The van der Waals surface area contributed by atoms with E-state index in [1.165, 1.54) is 0 Å². The van der Waals surface area contributed by atoms with Crippen LogP contribution < -0.4 is 5.43 Å². The lowest BCUT2D eigenvalue weighted by Crippen LogP contribution is -2.36. The number of hydrazone groups is 1. The lowest BCUT2D eigenvalue weighted by Gasteiger charge is -2.27. The van der Waals surface area contributed by atoms with E-state index in [0.29, 0.717) is 5.71 Å². The van der Waals surface area contributed by atoms with Gasteiger partial charge in [-0.3, -0.25) is 0 Å². The van der Waals surface area contributed by atoms with Crippen LogP contribution in [-0.2, 0) is 0 Å². The Balaban J connectivity index is 4.33. The van der Waals surface area contributed by atoms with Gasteiger partial charge in [0.1, 0.15) is 6.54 Å². The molecule has 0 saturated carbocycles. The summed E-state index contributed by atoms with van der Waals surface area (Å²) in [5.74, 6) is 0. The number of hydrogen-bond donors (Lipinski definition) is 2. The first-order chi connectivity index (χ1) is 6.57. The van der Waals surface area contributed by atoms with Gasteiger partial charge in [-0.25, -0.2) is 0 Å². The molecule has 0 heterocycles. The second kappa shape index (κ2) is 4.83. The normalized spacial score (nSPS) is 16.4. The van der Waals surface area contributed by atoms with Crippen molar-refractivity contribution in [3.63, 3.8) is 0 Å². The van der Waals surface area contributed by atoms with Crippen molar-refractivity contribution in [3.8, 4) is 0 Å². The van der Waals surface area contributed by atoms with Gasteiger partial charge in [-0.05, 0) is 13.8 Å². The quantitative estimate of drug-likeness (QED) is 0.568. The zero-order valence-corrected chi connectivity index (χ0v) is 9.31.